The first-order valence-electron chi connectivity index (χ1n) is 8.80. The number of benzene rings is 2. The van der Waals surface area contributed by atoms with Crippen LogP contribution in [0.25, 0.3) is 0 Å². The van der Waals surface area contributed by atoms with Crippen LogP contribution < -0.4 is 10.6 Å². The molecule has 0 aliphatic rings. The number of hydrogen-bond acceptors (Lipinski definition) is 4. The molecule has 0 bridgehead atoms. The van der Waals surface area contributed by atoms with E-state index in [-0.39, 0.29) is 11.8 Å². The SMILES string of the molecule is CC(C(=O)Nc1ccc(NC(=O)CCc2ccc(Cl)cc2)cc1)n1cncn1. The molecule has 0 saturated heterocycles. The van der Waals surface area contributed by atoms with Crippen molar-refractivity contribution in [2.75, 3.05) is 10.6 Å². The zero-order valence-electron chi connectivity index (χ0n) is 15.3. The normalized spacial score (nSPS) is 11.6. The maximum Gasteiger partial charge on any atom is 0.249 e. The Morgan fingerprint density at radius 3 is 2.29 bits per heavy atom. The van der Waals surface area contributed by atoms with Crippen molar-refractivity contribution in [1.29, 1.82) is 0 Å². The van der Waals surface area contributed by atoms with Crippen LogP contribution >= 0.6 is 11.6 Å². The highest BCUT2D eigenvalue weighted by Gasteiger charge is 2.15. The fraction of sp³-hybridized carbons (Fsp3) is 0.200. The minimum Gasteiger partial charge on any atom is -0.326 e. The molecule has 0 aliphatic carbocycles. The second-order valence-electron chi connectivity index (χ2n) is 6.29. The van der Waals surface area contributed by atoms with Gasteiger partial charge in [-0.15, -0.1) is 0 Å². The van der Waals surface area contributed by atoms with E-state index < -0.39 is 6.04 Å². The third-order valence-electron chi connectivity index (χ3n) is 4.20. The van der Waals surface area contributed by atoms with Gasteiger partial charge in [-0.2, -0.15) is 5.10 Å². The second-order valence-corrected chi connectivity index (χ2v) is 6.73. The first kappa shape index (κ1) is 19.6. The Balaban J connectivity index is 1.49. The van der Waals surface area contributed by atoms with Crippen molar-refractivity contribution >= 4 is 34.8 Å². The molecule has 0 radical (unpaired) electrons. The van der Waals surface area contributed by atoms with Crippen LogP contribution in [0.1, 0.15) is 24.9 Å². The van der Waals surface area contributed by atoms with Crippen LogP contribution in [-0.2, 0) is 16.0 Å². The zero-order valence-corrected chi connectivity index (χ0v) is 16.1. The standard InChI is InChI=1S/C20H20ClN5O2/c1-14(26-13-22-12-23-26)20(28)25-18-9-7-17(8-10-18)24-19(27)11-4-15-2-5-16(21)6-3-15/h2-3,5-10,12-14H,4,11H2,1H3,(H,24,27)(H,25,28). The van der Waals surface area contributed by atoms with Crippen molar-refractivity contribution in [3.05, 3.63) is 71.8 Å². The second kappa shape index (κ2) is 9.14. The molecule has 0 fully saturated rings. The van der Waals surface area contributed by atoms with Gasteiger partial charge in [-0.05, 0) is 55.3 Å². The van der Waals surface area contributed by atoms with Crippen LogP contribution in [0.15, 0.2) is 61.2 Å². The third kappa shape index (κ3) is 5.40. The summed E-state index contributed by atoms with van der Waals surface area (Å²) in [5.74, 6) is -0.281. The number of nitrogens with one attached hydrogen (secondary N) is 2. The average molecular weight is 398 g/mol. The Labute approximate surface area is 167 Å². The van der Waals surface area contributed by atoms with E-state index in [0.717, 1.165) is 5.56 Å². The Morgan fingerprint density at radius 1 is 1.04 bits per heavy atom. The van der Waals surface area contributed by atoms with E-state index in [0.29, 0.717) is 29.2 Å². The highest BCUT2D eigenvalue weighted by Crippen LogP contribution is 2.16. The van der Waals surface area contributed by atoms with E-state index >= 15 is 0 Å². The topological polar surface area (TPSA) is 88.9 Å². The van der Waals surface area contributed by atoms with E-state index in [1.807, 2.05) is 24.3 Å². The summed E-state index contributed by atoms with van der Waals surface area (Å²) < 4.78 is 1.48. The lowest BCUT2D eigenvalue weighted by Gasteiger charge is -2.12. The van der Waals surface area contributed by atoms with Gasteiger partial charge in [0.15, 0.2) is 0 Å². The van der Waals surface area contributed by atoms with Gasteiger partial charge >= 0.3 is 0 Å². The molecule has 0 spiro atoms. The summed E-state index contributed by atoms with van der Waals surface area (Å²) >= 11 is 5.86. The Bertz CT molecular complexity index is 924. The molecular formula is C20H20ClN5O2. The lowest BCUT2D eigenvalue weighted by Crippen LogP contribution is -2.24. The highest BCUT2D eigenvalue weighted by atomic mass is 35.5. The summed E-state index contributed by atoms with van der Waals surface area (Å²) in [7, 11) is 0. The minimum atomic E-state index is -0.477. The van der Waals surface area contributed by atoms with Crippen molar-refractivity contribution in [1.82, 2.24) is 14.8 Å². The zero-order chi connectivity index (χ0) is 19.9. The van der Waals surface area contributed by atoms with Gasteiger partial charge in [-0.25, -0.2) is 9.67 Å². The lowest BCUT2D eigenvalue weighted by atomic mass is 10.1. The number of carbonyl (C=O) groups excluding carboxylic acids is 2. The summed E-state index contributed by atoms with van der Waals surface area (Å²) in [5.41, 5.74) is 2.36. The first-order chi connectivity index (χ1) is 13.5. The number of carbonyl (C=O) groups is 2. The van der Waals surface area contributed by atoms with E-state index in [2.05, 4.69) is 20.7 Å². The maximum atomic E-state index is 12.2. The molecule has 1 heterocycles. The van der Waals surface area contributed by atoms with Crippen LogP contribution in [0.5, 0.6) is 0 Å². The van der Waals surface area contributed by atoms with E-state index in [1.54, 1.807) is 31.2 Å². The summed E-state index contributed by atoms with van der Waals surface area (Å²) in [6, 6.07) is 13.9. The molecule has 2 amide bonds. The van der Waals surface area contributed by atoms with Crippen LogP contribution in [0.2, 0.25) is 5.02 Å². The van der Waals surface area contributed by atoms with Crippen molar-refractivity contribution in [2.45, 2.75) is 25.8 Å². The van der Waals surface area contributed by atoms with E-state index in [9.17, 15) is 9.59 Å². The average Bonchev–Trinajstić information content (AvgIpc) is 3.23. The molecule has 1 unspecified atom stereocenters. The Kier molecular flexibility index (Phi) is 6.39. The summed E-state index contributed by atoms with van der Waals surface area (Å²) in [6.07, 6.45) is 3.88. The summed E-state index contributed by atoms with van der Waals surface area (Å²) in [4.78, 5) is 28.2. The number of rotatable bonds is 7. The molecule has 1 atom stereocenters. The van der Waals surface area contributed by atoms with Gasteiger partial charge < -0.3 is 10.6 Å². The molecular weight excluding hydrogens is 378 g/mol. The number of amides is 2. The molecule has 2 N–H and O–H groups in total. The highest BCUT2D eigenvalue weighted by molar-refractivity contribution is 6.30. The van der Waals surface area contributed by atoms with Gasteiger partial charge in [-0.3, -0.25) is 9.59 Å². The fourth-order valence-electron chi connectivity index (χ4n) is 2.55. The number of aromatic nitrogens is 3. The molecule has 28 heavy (non-hydrogen) atoms. The molecule has 3 rings (SSSR count). The molecule has 1 aromatic heterocycles. The predicted octanol–water partition coefficient (Wildman–Crippen LogP) is 3.70. The molecule has 8 heteroatoms. The molecule has 7 nitrogen and oxygen atoms in total. The number of anilines is 2. The van der Waals surface area contributed by atoms with Gasteiger partial charge in [0.1, 0.15) is 18.7 Å². The largest absolute Gasteiger partial charge is 0.326 e. The molecule has 144 valence electrons. The first-order valence-corrected chi connectivity index (χ1v) is 9.18. The van der Waals surface area contributed by atoms with Crippen LogP contribution in [0.3, 0.4) is 0 Å². The summed E-state index contributed by atoms with van der Waals surface area (Å²) in [5, 5.41) is 10.3. The van der Waals surface area contributed by atoms with E-state index in [1.165, 1.54) is 17.3 Å². The van der Waals surface area contributed by atoms with Gasteiger partial charge in [0.2, 0.25) is 11.8 Å². The lowest BCUT2D eigenvalue weighted by molar-refractivity contribution is -0.119. The predicted molar refractivity (Wildman–Crippen MR) is 108 cm³/mol. The van der Waals surface area contributed by atoms with Crippen molar-refractivity contribution < 1.29 is 9.59 Å². The van der Waals surface area contributed by atoms with Gasteiger partial charge in [0.25, 0.3) is 0 Å². The minimum absolute atomic E-state index is 0.0773. The monoisotopic (exact) mass is 397 g/mol. The Morgan fingerprint density at radius 2 is 1.68 bits per heavy atom. The number of nitrogens with zero attached hydrogens (tertiary/aromatic N) is 3. The number of halogens is 1. The Hall–Kier alpha value is -3.19. The van der Waals surface area contributed by atoms with Gasteiger partial charge in [-0.1, -0.05) is 23.7 Å². The fourth-order valence-corrected chi connectivity index (χ4v) is 2.68. The van der Waals surface area contributed by atoms with Gasteiger partial charge in [0.05, 0.1) is 0 Å². The third-order valence-corrected chi connectivity index (χ3v) is 4.46. The van der Waals surface area contributed by atoms with Crippen molar-refractivity contribution in [2.24, 2.45) is 0 Å². The molecule has 3 aromatic rings. The smallest absolute Gasteiger partial charge is 0.249 e. The van der Waals surface area contributed by atoms with E-state index in [4.69, 9.17) is 11.6 Å². The molecule has 0 aliphatic heterocycles. The summed E-state index contributed by atoms with van der Waals surface area (Å²) in [6.45, 7) is 1.74. The quantitative estimate of drug-likeness (QED) is 0.636. The maximum absolute atomic E-state index is 12.2. The molecule has 2 aromatic carbocycles. The van der Waals surface area contributed by atoms with Gasteiger partial charge in [0, 0.05) is 22.8 Å². The van der Waals surface area contributed by atoms with Crippen LogP contribution in [0, 0.1) is 0 Å². The molecule has 0 saturated carbocycles. The number of aryl methyl sites for hydroxylation is 1. The van der Waals surface area contributed by atoms with Crippen LogP contribution in [-0.4, -0.2) is 26.6 Å². The van der Waals surface area contributed by atoms with Crippen molar-refractivity contribution in [3.63, 3.8) is 0 Å². The van der Waals surface area contributed by atoms with Crippen molar-refractivity contribution in [3.8, 4) is 0 Å². The number of hydrogen-bond donors (Lipinski definition) is 2. The van der Waals surface area contributed by atoms with Crippen LogP contribution in [0.4, 0.5) is 11.4 Å².